The van der Waals surface area contributed by atoms with Gasteiger partial charge in [-0.05, 0) is 86.1 Å². The van der Waals surface area contributed by atoms with Crippen molar-refractivity contribution in [1.82, 2.24) is 4.90 Å². The number of nitrogens with zero attached hydrogens (tertiary/aromatic N) is 1. The molecule has 0 aliphatic carbocycles. The highest BCUT2D eigenvalue weighted by Gasteiger charge is 2.22. The zero-order chi connectivity index (χ0) is 24.2. The molecular formula is C29H28FNO3S. The van der Waals surface area contributed by atoms with Crippen LogP contribution in [0, 0.1) is 5.82 Å². The molecule has 3 aromatic carbocycles. The van der Waals surface area contributed by atoms with Crippen molar-refractivity contribution in [3.63, 3.8) is 0 Å². The average molecular weight is 490 g/mol. The van der Waals surface area contributed by atoms with Gasteiger partial charge in [-0.25, -0.2) is 4.39 Å². The number of ether oxygens (including phenoxy) is 2. The summed E-state index contributed by atoms with van der Waals surface area (Å²) in [7, 11) is 1.62. The molecule has 0 N–H and O–H groups in total. The van der Waals surface area contributed by atoms with Crippen LogP contribution in [-0.2, 0) is 0 Å². The maximum absolute atomic E-state index is 14.0. The van der Waals surface area contributed by atoms with E-state index in [1.807, 2.05) is 36.4 Å². The molecule has 0 atom stereocenters. The molecule has 4 nitrogen and oxygen atoms in total. The quantitative estimate of drug-likeness (QED) is 0.255. The standard InChI is InChI=1S/C29H28FNO3S/c1-33-24-12-13-25-26(19-24)35-29(21-6-5-7-22(30)18-21)27(25)28(32)20-8-10-23(11-9-20)34-17-16-31-14-3-2-4-15-31/h5-13,18-19H,2-4,14-17H2,1H3. The molecule has 0 radical (unpaired) electrons. The predicted molar refractivity (Wildman–Crippen MR) is 139 cm³/mol. The summed E-state index contributed by atoms with van der Waals surface area (Å²) in [5, 5.41) is 0.835. The lowest BCUT2D eigenvalue weighted by Gasteiger charge is -2.26. The van der Waals surface area contributed by atoms with E-state index >= 15 is 0 Å². The predicted octanol–water partition coefficient (Wildman–Crippen LogP) is 6.81. The van der Waals surface area contributed by atoms with Crippen LogP contribution >= 0.6 is 11.3 Å². The molecule has 4 aromatic rings. The summed E-state index contributed by atoms with van der Waals surface area (Å²) in [6.45, 7) is 3.84. The Bertz CT molecular complexity index is 1330. The van der Waals surface area contributed by atoms with Gasteiger partial charge < -0.3 is 9.47 Å². The second-order valence-corrected chi connectivity index (χ2v) is 9.84. The molecule has 0 spiro atoms. The van der Waals surface area contributed by atoms with Gasteiger partial charge >= 0.3 is 0 Å². The molecule has 5 rings (SSSR count). The van der Waals surface area contributed by atoms with Crippen LogP contribution in [0.2, 0.25) is 0 Å². The highest BCUT2D eigenvalue weighted by Crippen LogP contribution is 2.41. The number of benzene rings is 3. The van der Waals surface area contributed by atoms with E-state index in [-0.39, 0.29) is 11.6 Å². The van der Waals surface area contributed by atoms with Crippen molar-refractivity contribution in [2.45, 2.75) is 19.3 Å². The summed E-state index contributed by atoms with van der Waals surface area (Å²) in [4.78, 5) is 16.9. The molecule has 6 heteroatoms. The first-order valence-electron chi connectivity index (χ1n) is 12.0. The molecule has 1 aromatic heterocycles. The van der Waals surface area contributed by atoms with Gasteiger partial charge in [-0.3, -0.25) is 9.69 Å². The normalized spacial score (nSPS) is 14.2. The van der Waals surface area contributed by atoms with Crippen molar-refractivity contribution in [2.75, 3.05) is 33.4 Å². The minimum atomic E-state index is -0.331. The number of fused-ring (bicyclic) bond motifs is 1. The number of ketones is 1. The van der Waals surface area contributed by atoms with Crippen molar-refractivity contribution >= 4 is 27.2 Å². The minimum absolute atomic E-state index is 0.0967. The van der Waals surface area contributed by atoms with Gasteiger partial charge in [-0.1, -0.05) is 18.6 Å². The third-order valence-corrected chi connectivity index (χ3v) is 7.65. The topological polar surface area (TPSA) is 38.8 Å². The molecule has 0 amide bonds. The van der Waals surface area contributed by atoms with Crippen LogP contribution in [0.5, 0.6) is 11.5 Å². The van der Waals surface area contributed by atoms with Crippen LogP contribution in [0.4, 0.5) is 4.39 Å². The van der Waals surface area contributed by atoms with E-state index in [0.717, 1.165) is 46.1 Å². The SMILES string of the molecule is COc1ccc2c(C(=O)c3ccc(OCCN4CCCCC4)cc3)c(-c3cccc(F)c3)sc2c1. The minimum Gasteiger partial charge on any atom is -0.497 e. The summed E-state index contributed by atoms with van der Waals surface area (Å²) in [5.41, 5.74) is 1.84. The summed E-state index contributed by atoms with van der Waals surface area (Å²) in [6, 6.07) is 19.4. The van der Waals surface area contributed by atoms with Crippen LogP contribution in [0.15, 0.2) is 66.7 Å². The van der Waals surface area contributed by atoms with E-state index in [1.54, 1.807) is 25.3 Å². The number of piperidine rings is 1. The number of hydrogen-bond acceptors (Lipinski definition) is 5. The number of methoxy groups -OCH3 is 1. The Labute approximate surface area is 208 Å². The molecule has 1 aliphatic heterocycles. The summed E-state index contributed by atoms with van der Waals surface area (Å²) < 4.78 is 26.3. The molecule has 1 aliphatic rings. The van der Waals surface area contributed by atoms with Crippen molar-refractivity contribution in [3.8, 4) is 21.9 Å². The van der Waals surface area contributed by atoms with Gasteiger partial charge in [0.1, 0.15) is 23.9 Å². The first kappa shape index (κ1) is 23.5. The van der Waals surface area contributed by atoms with E-state index in [4.69, 9.17) is 9.47 Å². The van der Waals surface area contributed by atoms with E-state index in [1.165, 1.54) is 42.7 Å². The van der Waals surface area contributed by atoms with Crippen LogP contribution < -0.4 is 9.47 Å². The molecule has 35 heavy (non-hydrogen) atoms. The smallest absolute Gasteiger partial charge is 0.195 e. The number of carbonyl (C=O) groups is 1. The maximum Gasteiger partial charge on any atom is 0.195 e. The van der Waals surface area contributed by atoms with E-state index in [0.29, 0.717) is 23.3 Å². The highest BCUT2D eigenvalue weighted by atomic mass is 32.1. The second-order valence-electron chi connectivity index (χ2n) is 8.78. The summed E-state index contributed by atoms with van der Waals surface area (Å²) in [6.07, 6.45) is 3.84. The van der Waals surface area contributed by atoms with Gasteiger partial charge in [0.05, 0.1) is 7.11 Å². The summed E-state index contributed by atoms with van der Waals surface area (Å²) >= 11 is 1.47. The van der Waals surface area contributed by atoms with Crippen molar-refractivity contribution < 1.29 is 18.7 Å². The molecule has 0 saturated carbocycles. The Morgan fingerprint density at radius 3 is 2.49 bits per heavy atom. The number of likely N-dealkylation sites (tertiary alicyclic amines) is 1. The lowest BCUT2D eigenvalue weighted by Crippen LogP contribution is -2.33. The molecule has 2 heterocycles. The fourth-order valence-corrected chi connectivity index (χ4v) is 5.81. The number of rotatable bonds is 8. The Balaban J connectivity index is 1.41. The molecule has 0 bridgehead atoms. The monoisotopic (exact) mass is 489 g/mol. The van der Waals surface area contributed by atoms with Crippen LogP contribution in [0.25, 0.3) is 20.5 Å². The van der Waals surface area contributed by atoms with Crippen molar-refractivity contribution in [2.24, 2.45) is 0 Å². The van der Waals surface area contributed by atoms with E-state index < -0.39 is 0 Å². The van der Waals surface area contributed by atoms with Crippen LogP contribution in [-0.4, -0.2) is 44.0 Å². The third-order valence-electron chi connectivity index (χ3n) is 6.45. The van der Waals surface area contributed by atoms with Gasteiger partial charge in [-0.15, -0.1) is 11.3 Å². The maximum atomic E-state index is 14.0. The fourth-order valence-electron chi connectivity index (χ4n) is 4.58. The lowest BCUT2D eigenvalue weighted by molar-refractivity contribution is 0.104. The van der Waals surface area contributed by atoms with E-state index in [2.05, 4.69) is 4.90 Å². The van der Waals surface area contributed by atoms with Crippen LogP contribution in [0.1, 0.15) is 35.2 Å². The van der Waals surface area contributed by atoms with Crippen molar-refractivity contribution in [1.29, 1.82) is 0 Å². The van der Waals surface area contributed by atoms with Crippen molar-refractivity contribution in [3.05, 3.63) is 83.7 Å². The van der Waals surface area contributed by atoms with E-state index in [9.17, 15) is 9.18 Å². The van der Waals surface area contributed by atoms with Gasteiger partial charge in [0.2, 0.25) is 0 Å². The van der Waals surface area contributed by atoms with Gasteiger partial charge in [0.15, 0.2) is 5.78 Å². The Morgan fingerprint density at radius 2 is 1.74 bits per heavy atom. The number of hydrogen-bond donors (Lipinski definition) is 0. The largest absolute Gasteiger partial charge is 0.497 e. The highest BCUT2D eigenvalue weighted by molar-refractivity contribution is 7.22. The Morgan fingerprint density at radius 1 is 0.971 bits per heavy atom. The zero-order valence-electron chi connectivity index (χ0n) is 19.8. The second kappa shape index (κ2) is 10.6. The van der Waals surface area contributed by atoms with Gasteiger partial charge in [0.25, 0.3) is 0 Å². The lowest BCUT2D eigenvalue weighted by atomic mass is 9.97. The van der Waals surface area contributed by atoms with Gasteiger partial charge in [-0.2, -0.15) is 0 Å². The fraction of sp³-hybridized carbons (Fsp3) is 0.276. The number of carbonyl (C=O) groups excluding carboxylic acids is 1. The number of thiophene rings is 1. The first-order valence-corrected chi connectivity index (χ1v) is 12.8. The molecule has 1 saturated heterocycles. The third kappa shape index (κ3) is 5.24. The Hall–Kier alpha value is -3.22. The Kier molecular flexibility index (Phi) is 7.11. The molecular weight excluding hydrogens is 461 g/mol. The summed E-state index contributed by atoms with van der Waals surface area (Å²) in [5.74, 6) is 1.04. The molecule has 180 valence electrons. The number of halogens is 1. The van der Waals surface area contributed by atoms with Gasteiger partial charge in [0, 0.05) is 32.6 Å². The first-order chi connectivity index (χ1) is 17.1. The van der Waals surface area contributed by atoms with Crippen LogP contribution in [0.3, 0.4) is 0 Å². The zero-order valence-corrected chi connectivity index (χ0v) is 20.6. The molecule has 1 fully saturated rings. The average Bonchev–Trinajstić information content (AvgIpc) is 3.28. The molecule has 0 unspecified atom stereocenters.